The topological polar surface area (TPSA) is 75.3 Å². The van der Waals surface area contributed by atoms with Crippen molar-refractivity contribution in [2.24, 2.45) is 0 Å². The number of nitrogens with one attached hydrogen (secondary N) is 1. The quantitative estimate of drug-likeness (QED) is 0.752. The molecule has 2 aromatic carbocycles. The van der Waals surface area contributed by atoms with Gasteiger partial charge in [-0.2, -0.15) is 0 Å². The molecule has 2 aromatic rings. The minimum absolute atomic E-state index is 0.152. The number of carboxylic acid groups (broad SMARTS) is 1. The van der Waals surface area contributed by atoms with Crippen LogP contribution in [0.15, 0.2) is 40.9 Å². The lowest BCUT2D eigenvalue weighted by Gasteiger charge is -2.13. The lowest BCUT2D eigenvalue weighted by Crippen LogP contribution is -2.04. The molecule has 0 fully saturated rings. The zero-order chi connectivity index (χ0) is 14.0. The average molecular weight is 321 g/mol. The average Bonchev–Trinajstić information content (AvgIpc) is 2.36. The summed E-state index contributed by atoms with van der Waals surface area (Å²) >= 11 is 3.44. The molecular weight excluding hydrogens is 308 g/mol. The van der Waals surface area contributed by atoms with Crippen LogP contribution in [0.25, 0.3) is 0 Å². The van der Waals surface area contributed by atoms with Crippen LogP contribution in [0.3, 0.4) is 0 Å². The summed E-state index contributed by atoms with van der Waals surface area (Å²) < 4.78 is 0.963. The van der Waals surface area contributed by atoms with E-state index in [2.05, 4.69) is 21.2 Å². The van der Waals surface area contributed by atoms with Crippen LogP contribution in [-0.4, -0.2) is 11.1 Å². The van der Waals surface area contributed by atoms with Crippen molar-refractivity contribution in [3.8, 4) is 0 Å². The van der Waals surface area contributed by atoms with E-state index in [1.807, 2.05) is 25.1 Å². The first-order chi connectivity index (χ1) is 8.99. The van der Waals surface area contributed by atoms with E-state index in [0.717, 1.165) is 15.7 Å². The Kier molecular flexibility index (Phi) is 3.76. The number of benzene rings is 2. The maximum Gasteiger partial charge on any atom is 0.337 e. The number of nitrogen functional groups attached to an aromatic ring is 1. The first-order valence-corrected chi connectivity index (χ1v) is 6.43. The summed E-state index contributed by atoms with van der Waals surface area (Å²) in [6.07, 6.45) is 0. The molecule has 0 aliphatic rings. The Bertz CT molecular complexity index is 641. The maximum absolute atomic E-state index is 11.2. The van der Waals surface area contributed by atoms with Crippen LogP contribution >= 0.6 is 15.9 Å². The largest absolute Gasteiger partial charge is 0.478 e. The molecule has 0 atom stereocenters. The molecule has 0 aliphatic heterocycles. The second-order valence-corrected chi connectivity index (χ2v) is 5.00. The molecule has 0 saturated heterocycles. The first-order valence-electron chi connectivity index (χ1n) is 5.64. The van der Waals surface area contributed by atoms with Crippen molar-refractivity contribution in [3.63, 3.8) is 0 Å². The lowest BCUT2D eigenvalue weighted by molar-refractivity contribution is 0.0698. The zero-order valence-electron chi connectivity index (χ0n) is 10.3. The van der Waals surface area contributed by atoms with Gasteiger partial charge in [-0.25, -0.2) is 4.79 Å². The van der Waals surface area contributed by atoms with E-state index in [9.17, 15) is 9.90 Å². The highest BCUT2D eigenvalue weighted by Crippen LogP contribution is 2.28. The van der Waals surface area contributed by atoms with Gasteiger partial charge < -0.3 is 16.2 Å². The van der Waals surface area contributed by atoms with E-state index in [0.29, 0.717) is 11.4 Å². The molecule has 2 rings (SSSR count). The highest BCUT2D eigenvalue weighted by Gasteiger charge is 2.11. The minimum Gasteiger partial charge on any atom is -0.478 e. The van der Waals surface area contributed by atoms with E-state index >= 15 is 0 Å². The highest BCUT2D eigenvalue weighted by atomic mass is 79.9. The van der Waals surface area contributed by atoms with Crippen molar-refractivity contribution in [3.05, 3.63) is 52.0 Å². The predicted molar refractivity (Wildman–Crippen MR) is 80.0 cm³/mol. The fourth-order valence-corrected chi connectivity index (χ4v) is 2.10. The molecule has 0 aromatic heterocycles. The molecule has 98 valence electrons. The van der Waals surface area contributed by atoms with Gasteiger partial charge in [-0.1, -0.05) is 22.0 Å². The van der Waals surface area contributed by atoms with Gasteiger partial charge in [-0.15, -0.1) is 0 Å². The van der Waals surface area contributed by atoms with Crippen LogP contribution in [0, 0.1) is 6.92 Å². The third-order valence-electron chi connectivity index (χ3n) is 2.81. The normalized spacial score (nSPS) is 10.2. The van der Waals surface area contributed by atoms with Gasteiger partial charge in [0.25, 0.3) is 0 Å². The smallest absolute Gasteiger partial charge is 0.337 e. The van der Waals surface area contributed by atoms with Crippen LogP contribution in [0.2, 0.25) is 0 Å². The highest BCUT2D eigenvalue weighted by molar-refractivity contribution is 9.10. The molecular formula is C14H13BrN2O2. The van der Waals surface area contributed by atoms with Gasteiger partial charge in [0.15, 0.2) is 0 Å². The molecule has 0 heterocycles. The van der Waals surface area contributed by atoms with Gasteiger partial charge >= 0.3 is 5.97 Å². The Morgan fingerprint density at radius 2 is 2.00 bits per heavy atom. The predicted octanol–water partition coefficient (Wildman–Crippen LogP) is 3.78. The fourth-order valence-electron chi connectivity index (χ4n) is 1.74. The van der Waals surface area contributed by atoms with Crippen molar-refractivity contribution < 1.29 is 9.90 Å². The second kappa shape index (κ2) is 5.32. The molecule has 0 radical (unpaired) electrons. The Hall–Kier alpha value is -2.01. The van der Waals surface area contributed by atoms with Gasteiger partial charge in [0.05, 0.1) is 11.3 Å². The van der Waals surface area contributed by atoms with Gasteiger partial charge in [0, 0.05) is 15.8 Å². The summed E-state index contributed by atoms with van der Waals surface area (Å²) in [7, 11) is 0. The number of anilines is 3. The molecule has 0 bridgehead atoms. The molecule has 19 heavy (non-hydrogen) atoms. The molecule has 0 unspecified atom stereocenters. The summed E-state index contributed by atoms with van der Waals surface area (Å²) in [5.41, 5.74) is 8.57. The fraction of sp³-hybridized carbons (Fsp3) is 0.0714. The number of hydrogen-bond acceptors (Lipinski definition) is 3. The summed E-state index contributed by atoms with van der Waals surface area (Å²) in [6.45, 7) is 1.95. The van der Waals surface area contributed by atoms with Crippen molar-refractivity contribution in [2.45, 2.75) is 6.92 Å². The Labute approximate surface area is 119 Å². The van der Waals surface area contributed by atoms with Gasteiger partial charge in [-0.05, 0) is 42.8 Å². The number of halogens is 1. The van der Waals surface area contributed by atoms with Crippen LogP contribution in [0.1, 0.15) is 15.9 Å². The molecule has 4 nitrogen and oxygen atoms in total. The molecule has 5 heteroatoms. The SMILES string of the molecule is Cc1c(Br)cccc1Nc1ccc(N)cc1C(=O)O. The van der Waals surface area contributed by atoms with Crippen molar-refractivity contribution in [2.75, 3.05) is 11.1 Å². The van der Waals surface area contributed by atoms with Gasteiger partial charge in [0.1, 0.15) is 0 Å². The number of nitrogens with two attached hydrogens (primary N) is 1. The number of carbonyl (C=O) groups is 1. The summed E-state index contributed by atoms with van der Waals surface area (Å²) in [4.78, 5) is 11.2. The number of aromatic carboxylic acids is 1. The molecule has 4 N–H and O–H groups in total. The monoisotopic (exact) mass is 320 g/mol. The summed E-state index contributed by atoms with van der Waals surface area (Å²) in [5, 5.41) is 12.3. The Morgan fingerprint density at radius 1 is 1.26 bits per heavy atom. The Morgan fingerprint density at radius 3 is 2.68 bits per heavy atom. The number of carboxylic acids is 1. The molecule has 0 aliphatic carbocycles. The summed E-state index contributed by atoms with van der Waals surface area (Å²) in [5.74, 6) is -1.01. The van der Waals surface area contributed by atoms with Crippen LogP contribution in [0.4, 0.5) is 17.1 Å². The minimum atomic E-state index is -1.01. The van der Waals surface area contributed by atoms with Gasteiger partial charge in [-0.3, -0.25) is 0 Å². The first kappa shape index (κ1) is 13.4. The zero-order valence-corrected chi connectivity index (χ0v) is 11.9. The Balaban J connectivity index is 2.44. The molecule has 0 amide bonds. The van der Waals surface area contributed by atoms with E-state index in [-0.39, 0.29) is 5.56 Å². The van der Waals surface area contributed by atoms with Crippen molar-refractivity contribution >= 4 is 39.0 Å². The van der Waals surface area contributed by atoms with Crippen LogP contribution in [0.5, 0.6) is 0 Å². The maximum atomic E-state index is 11.2. The van der Waals surface area contributed by atoms with E-state index in [1.54, 1.807) is 12.1 Å². The summed E-state index contributed by atoms with van der Waals surface area (Å²) in [6, 6.07) is 10.5. The number of hydrogen-bond donors (Lipinski definition) is 3. The van der Waals surface area contributed by atoms with E-state index < -0.39 is 5.97 Å². The van der Waals surface area contributed by atoms with Crippen molar-refractivity contribution in [1.82, 2.24) is 0 Å². The number of rotatable bonds is 3. The van der Waals surface area contributed by atoms with Gasteiger partial charge in [0.2, 0.25) is 0 Å². The lowest BCUT2D eigenvalue weighted by atomic mass is 10.1. The second-order valence-electron chi connectivity index (χ2n) is 4.15. The molecule has 0 saturated carbocycles. The van der Waals surface area contributed by atoms with E-state index in [1.165, 1.54) is 6.07 Å². The van der Waals surface area contributed by atoms with Crippen molar-refractivity contribution in [1.29, 1.82) is 0 Å². The standard InChI is InChI=1S/C14H13BrN2O2/c1-8-11(15)3-2-4-12(8)17-13-6-5-9(16)7-10(13)14(18)19/h2-7,17H,16H2,1H3,(H,18,19). The third kappa shape index (κ3) is 2.88. The van der Waals surface area contributed by atoms with Crippen LogP contribution in [-0.2, 0) is 0 Å². The molecule has 0 spiro atoms. The van der Waals surface area contributed by atoms with Crippen LogP contribution < -0.4 is 11.1 Å². The van der Waals surface area contributed by atoms with E-state index in [4.69, 9.17) is 5.73 Å². The third-order valence-corrected chi connectivity index (χ3v) is 3.67.